The fraction of sp³-hybridized carbons (Fsp3) is 0.111. The van der Waals surface area contributed by atoms with Gasteiger partial charge in [-0.1, -0.05) is 30.3 Å². The molecule has 76 valence electrons. The van der Waals surface area contributed by atoms with Crippen LogP contribution in [0.2, 0.25) is 0 Å². The maximum absolute atomic E-state index is 11.9. The summed E-state index contributed by atoms with van der Waals surface area (Å²) in [5, 5.41) is 0.00449. The Hall–Kier alpha value is -1.16. The summed E-state index contributed by atoms with van der Waals surface area (Å²) in [6, 6.07) is 5.54. The molecule has 0 N–H and O–H groups in total. The van der Waals surface area contributed by atoms with E-state index in [9.17, 15) is 13.2 Å². The number of para-hydroxylation sites is 1. The molecule has 0 aliphatic carbocycles. The first-order valence-corrected chi connectivity index (χ1v) is 3.97. The molecule has 0 saturated carbocycles. The lowest BCUT2D eigenvalue weighted by Gasteiger charge is -2.11. The van der Waals surface area contributed by atoms with Gasteiger partial charge in [0, 0.05) is 10.6 Å². The standard InChI is InChI=1S/C9H6ClF3O/c1-6(10)7-4-2-3-5-8(7)14-9(11,12)13/h2-5H,1H2. The van der Waals surface area contributed by atoms with Gasteiger partial charge in [0.25, 0.3) is 0 Å². The second-order valence-electron chi connectivity index (χ2n) is 2.45. The minimum atomic E-state index is -4.72. The highest BCUT2D eigenvalue weighted by atomic mass is 35.5. The number of ether oxygens (including phenoxy) is 1. The Morgan fingerprint density at radius 1 is 1.29 bits per heavy atom. The lowest BCUT2D eigenvalue weighted by atomic mass is 10.2. The molecule has 0 spiro atoms. The van der Waals surface area contributed by atoms with Gasteiger partial charge >= 0.3 is 6.36 Å². The van der Waals surface area contributed by atoms with Crippen molar-refractivity contribution in [1.82, 2.24) is 0 Å². The maximum Gasteiger partial charge on any atom is 0.573 e. The molecule has 0 heterocycles. The van der Waals surface area contributed by atoms with Crippen LogP contribution in [0.3, 0.4) is 0 Å². The lowest BCUT2D eigenvalue weighted by molar-refractivity contribution is -0.274. The van der Waals surface area contributed by atoms with E-state index in [-0.39, 0.29) is 16.3 Å². The predicted molar refractivity (Wildman–Crippen MR) is 48.0 cm³/mol. The third-order valence-electron chi connectivity index (χ3n) is 1.40. The van der Waals surface area contributed by atoms with Gasteiger partial charge < -0.3 is 4.74 Å². The predicted octanol–water partition coefficient (Wildman–Crippen LogP) is 3.79. The van der Waals surface area contributed by atoms with Gasteiger partial charge in [-0.3, -0.25) is 0 Å². The van der Waals surface area contributed by atoms with Crippen LogP contribution < -0.4 is 4.74 Å². The van der Waals surface area contributed by atoms with Crippen LogP contribution in [0, 0.1) is 0 Å². The fourth-order valence-corrected chi connectivity index (χ4v) is 1.06. The summed E-state index contributed by atoms with van der Waals surface area (Å²) in [6.45, 7) is 3.33. The van der Waals surface area contributed by atoms with Gasteiger partial charge in [-0.25, -0.2) is 0 Å². The summed E-state index contributed by atoms with van der Waals surface area (Å²) in [5.74, 6) is -0.347. The molecule has 1 nitrogen and oxygen atoms in total. The van der Waals surface area contributed by atoms with Gasteiger partial charge in [-0.15, -0.1) is 13.2 Å². The largest absolute Gasteiger partial charge is 0.573 e. The zero-order valence-electron chi connectivity index (χ0n) is 6.94. The van der Waals surface area contributed by atoms with E-state index < -0.39 is 6.36 Å². The average molecular weight is 223 g/mol. The van der Waals surface area contributed by atoms with Crippen LogP contribution >= 0.6 is 11.6 Å². The van der Waals surface area contributed by atoms with Crippen molar-refractivity contribution in [1.29, 1.82) is 0 Å². The van der Waals surface area contributed by atoms with Crippen molar-refractivity contribution in [3.05, 3.63) is 36.4 Å². The highest BCUT2D eigenvalue weighted by Gasteiger charge is 2.32. The van der Waals surface area contributed by atoms with E-state index in [4.69, 9.17) is 11.6 Å². The van der Waals surface area contributed by atoms with Crippen LogP contribution in [-0.2, 0) is 0 Å². The van der Waals surface area contributed by atoms with Crippen molar-refractivity contribution in [2.24, 2.45) is 0 Å². The Kier molecular flexibility index (Phi) is 3.06. The summed E-state index contributed by atoms with van der Waals surface area (Å²) in [4.78, 5) is 0. The second-order valence-corrected chi connectivity index (χ2v) is 2.91. The number of benzene rings is 1. The molecule has 14 heavy (non-hydrogen) atoms. The van der Waals surface area contributed by atoms with Gasteiger partial charge in [0.1, 0.15) is 5.75 Å². The summed E-state index contributed by atoms with van der Waals surface area (Å²) in [6.07, 6.45) is -4.72. The van der Waals surface area contributed by atoms with E-state index in [1.807, 2.05) is 0 Å². The Labute approximate surface area is 83.8 Å². The van der Waals surface area contributed by atoms with Crippen molar-refractivity contribution >= 4 is 16.6 Å². The molecular weight excluding hydrogens is 217 g/mol. The first kappa shape index (κ1) is 10.9. The molecule has 0 unspecified atom stereocenters. The molecule has 0 aromatic heterocycles. The van der Waals surface area contributed by atoms with Crippen molar-refractivity contribution in [2.75, 3.05) is 0 Å². The minimum absolute atomic E-state index is 0.00449. The highest BCUT2D eigenvalue weighted by Crippen LogP contribution is 2.31. The van der Waals surface area contributed by atoms with Crippen molar-refractivity contribution in [2.45, 2.75) is 6.36 Å². The molecule has 0 aliphatic rings. The first-order chi connectivity index (χ1) is 6.40. The Morgan fingerprint density at radius 2 is 1.86 bits per heavy atom. The summed E-state index contributed by atoms with van der Waals surface area (Å²) >= 11 is 5.50. The van der Waals surface area contributed by atoms with E-state index in [1.165, 1.54) is 18.2 Å². The molecule has 5 heteroatoms. The third kappa shape index (κ3) is 2.96. The highest BCUT2D eigenvalue weighted by molar-refractivity contribution is 6.48. The van der Waals surface area contributed by atoms with Crippen molar-refractivity contribution in [3.63, 3.8) is 0 Å². The van der Waals surface area contributed by atoms with Crippen LogP contribution in [0.25, 0.3) is 5.03 Å². The Bertz CT molecular complexity index is 346. The number of hydrogen-bond acceptors (Lipinski definition) is 1. The molecule has 0 radical (unpaired) electrons. The average Bonchev–Trinajstić information content (AvgIpc) is 2.01. The zero-order chi connectivity index (χ0) is 10.8. The van der Waals surface area contributed by atoms with Crippen LogP contribution in [-0.4, -0.2) is 6.36 Å². The molecule has 1 aromatic rings. The summed E-state index contributed by atoms with van der Waals surface area (Å²) in [7, 11) is 0. The van der Waals surface area contributed by atoms with E-state index >= 15 is 0 Å². The van der Waals surface area contributed by atoms with Crippen LogP contribution in [0.4, 0.5) is 13.2 Å². The zero-order valence-corrected chi connectivity index (χ0v) is 7.69. The van der Waals surface area contributed by atoms with E-state index in [1.54, 1.807) is 6.07 Å². The van der Waals surface area contributed by atoms with Crippen molar-refractivity contribution < 1.29 is 17.9 Å². The molecule has 0 saturated heterocycles. The number of alkyl halides is 3. The van der Waals surface area contributed by atoms with E-state index in [0.717, 1.165) is 0 Å². The molecule has 1 aromatic carbocycles. The number of rotatable bonds is 2. The van der Waals surface area contributed by atoms with Gasteiger partial charge in [0.15, 0.2) is 0 Å². The first-order valence-electron chi connectivity index (χ1n) is 3.60. The van der Waals surface area contributed by atoms with Crippen LogP contribution in [0.5, 0.6) is 5.75 Å². The normalized spacial score (nSPS) is 11.1. The maximum atomic E-state index is 11.9. The molecule has 1 rings (SSSR count). The molecule has 0 fully saturated rings. The van der Waals surface area contributed by atoms with Crippen molar-refractivity contribution in [3.8, 4) is 5.75 Å². The minimum Gasteiger partial charge on any atom is -0.405 e. The molecule has 0 aliphatic heterocycles. The SMILES string of the molecule is C=C(Cl)c1ccccc1OC(F)(F)F. The molecule has 0 atom stereocenters. The van der Waals surface area contributed by atoms with Crippen LogP contribution in [0.15, 0.2) is 30.8 Å². The summed E-state index contributed by atoms with van der Waals surface area (Å²) < 4.78 is 39.4. The Morgan fingerprint density at radius 3 is 2.36 bits per heavy atom. The fourth-order valence-electron chi connectivity index (χ4n) is 0.904. The topological polar surface area (TPSA) is 9.23 Å². The number of hydrogen-bond donors (Lipinski definition) is 0. The number of halogens is 4. The smallest absolute Gasteiger partial charge is 0.405 e. The third-order valence-corrected chi connectivity index (χ3v) is 1.61. The van der Waals surface area contributed by atoms with Crippen LogP contribution in [0.1, 0.15) is 5.56 Å². The second kappa shape index (κ2) is 3.92. The van der Waals surface area contributed by atoms with Gasteiger partial charge in [-0.05, 0) is 12.1 Å². The monoisotopic (exact) mass is 222 g/mol. The lowest BCUT2D eigenvalue weighted by Crippen LogP contribution is -2.17. The Balaban J connectivity index is 3.02. The van der Waals surface area contributed by atoms with Gasteiger partial charge in [-0.2, -0.15) is 0 Å². The molecule has 0 amide bonds. The van der Waals surface area contributed by atoms with Gasteiger partial charge in [0.05, 0.1) is 0 Å². The summed E-state index contributed by atoms with van der Waals surface area (Å²) in [5.41, 5.74) is 0.131. The van der Waals surface area contributed by atoms with E-state index in [2.05, 4.69) is 11.3 Å². The quantitative estimate of drug-likeness (QED) is 0.740. The van der Waals surface area contributed by atoms with Gasteiger partial charge in [0.2, 0.25) is 0 Å². The molecular formula is C9H6ClF3O. The van der Waals surface area contributed by atoms with E-state index in [0.29, 0.717) is 0 Å². The molecule has 0 bridgehead atoms.